The van der Waals surface area contributed by atoms with E-state index in [1.165, 1.54) is 0 Å². The Bertz CT molecular complexity index is 302. The second-order valence-corrected chi connectivity index (χ2v) is 2.95. The fourth-order valence-electron chi connectivity index (χ4n) is 1.30. The van der Waals surface area contributed by atoms with Crippen molar-refractivity contribution in [1.82, 2.24) is 0 Å². The summed E-state index contributed by atoms with van der Waals surface area (Å²) in [5, 5.41) is 8.71. The van der Waals surface area contributed by atoms with Crippen LogP contribution in [0.5, 0.6) is 11.5 Å². The highest BCUT2D eigenvalue weighted by Crippen LogP contribution is 2.30. The van der Waals surface area contributed by atoms with Gasteiger partial charge in [-0.2, -0.15) is 0 Å². The van der Waals surface area contributed by atoms with Crippen molar-refractivity contribution >= 4 is 0 Å². The maximum atomic E-state index is 8.71. The van der Waals surface area contributed by atoms with Crippen LogP contribution >= 0.6 is 0 Å². The van der Waals surface area contributed by atoms with E-state index in [-0.39, 0.29) is 13.2 Å². The van der Waals surface area contributed by atoms with Gasteiger partial charge in [0, 0.05) is 12.1 Å². The van der Waals surface area contributed by atoms with Gasteiger partial charge in [0.1, 0.15) is 6.61 Å². The lowest BCUT2D eigenvalue weighted by Gasteiger charge is -2.14. The van der Waals surface area contributed by atoms with Gasteiger partial charge in [0.25, 0.3) is 0 Å². The molecular weight excluding hydrogens is 194 g/mol. The summed E-state index contributed by atoms with van der Waals surface area (Å²) in [5.74, 6) is 1.31. The van der Waals surface area contributed by atoms with E-state index >= 15 is 0 Å². The van der Waals surface area contributed by atoms with Crippen molar-refractivity contribution < 1.29 is 14.6 Å². The van der Waals surface area contributed by atoms with E-state index in [0.29, 0.717) is 24.7 Å². The summed E-state index contributed by atoms with van der Waals surface area (Å²) in [4.78, 5) is 0. The van der Waals surface area contributed by atoms with Crippen molar-refractivity contribution in [2.24, 2.45) is 5.73 Å². The topological polar surface area (TPSA) is 64.7 Å². The average molecular weight is 211 g/mol. The van der Waals surface area contributed by atoms with Crippen molar-refractivity contribution in [2.45, 2.75) is 13.5 Å². The first-order valence-corrected chi connectivity index (χ1v) is 5.01. The number of aliphatic hydroxyl groups is 1. The Morgan fingerprint density at radius 1 is 1.33 bits per heavy atom. The smallest absolute Gasteiger partial charge is 0.165 e. The van der Waals surface area contributed by atoms with Crippen LogP contribution in [-0.4, -0.2) is 24.9 Å². The molecule has 0 fully saturated rings. The SMILES string of the molecule is CCOc1cccc(CN)c1OCCO. The molecule has 0 atom stereocenters. The van der Waals surface area contributed by atoms with Gasteiger partial charge in [-0.15, -0.1) is 0 Å². The van der Waals surface area contributed by atoms with Gasteiger partial charge in [0.15, 0.2) is 11.5 Å². The Morgan fingerprint density at radius 2 is 2.13 bits per heavy atom. The molecule has 0 aliphatic rings. The van der Waals surface area contributed by atoms with Crippen molar-refractivity contribution in [3.05, 3.63) is 23.8 Å². The molecule has 0 bridgehead atoms. The summed E-state index contributed by atoms with van der Waals surface area (Å²) in [6.45, 7) is 3.09. The quantitative estimate of drug-likeness (QED) is 0.734. The number of hydrogen-bond acceptors (Lipinski definition) is 4. The number of para-hydroxylation sites is 1. The zero-order valence-electron chi connectivity index (χ0n) is 8.90. The van der Waals surface area contributed by atoms with Gasteiger partial charge in [0.2, 0.25) is 0 Å². The van der Waals surface area contributed by atoms with E-state index in [9.17, 15) is 0 Å². The molecular formula is C11H17NO3. The molecule has 4 heteroatoms. The van der Waals surface area contributed by atoms with E-state index in [0.717, 1.165) is 5.56 Å². The van der Waals surface area contributed by atoms with Crippen LogP contribution in [0.3, 0.4) is 0 Å². The number of nitrogens with two attached hydrogens (primary N) is 1. The minimum atomic E-state index is -0.0233. The molecule has 0 radical (unpaired) electrons. The van der Waals surface area contributed by atoms with E-state index < -0.39 is 0 Å². The van der Waals surface area contributed by atoms with E-state index in [1.807, 2.05) is 25.1 Å². The lowest BCUT2D eigenvalue weighted by atomic mass is 10.2. The number of aliphatic hydroxyl groups excluding tert-OH is 1. The molecule has 0 aromatic heterocycles. The maximum Gasteiger partial charge on any atom is 0.165 e. The molecule has 0 amide bonds. The van der Waals surface area contributed by atoms with E-state index in [4.69, 9.17) is 20.3 Å². The third kappa shape index (κ3) is 3.11. The normalized spacial score (nSPS) is 10.1. The van der Waals surface area contributed by atoms with Gasteiger partial charge < -0.3 is 20.3 Å². The van der Waals surface area contributed by atoms with Gasteiger partial charge in [-0.1, -0.05) is 12.1 Å². The minimum Gasteiger partial charge on any atom is -0.490 e. The van der Waals surface area contributed by atoms with Crippen LogP contribution in [-0.2, 0) is 6.54 Å². The summed E-state index contributed by atoms with van der Waals surface area (Å²) < 4.78 is 10.8. The summed E-state index contributed by atoms with van der Waals surface area (Å²) in [5.41, 5.74) is 6.47. The Balaban J connectivity index is 2.92. The molecule has 3 N–H and O–H groups in total. The Kier molecular flexibility index (Phi) is 4.93. The molecule has 4 nitrogen and oxygen atoms in total. The molecule has 0 unspecified atom stereocenters. The molecule has 1 aromatic rings. The number of benzene rings is 1. The zero-order valence-corrected chi connectivity index (χ0v) is 8.90. The van der Waals surface area contributed by atoms with Crippen LogP contribution < -0.4 is 15.2 Å². The molecule has 0 aliphatic heterocycles. The molecule has 0 saturated carbocycles. The zero-order chi connectivity index (χ0) is 11.1. The Labute approximate surface area is 89.6 Å². The first kappa shape index (κ1) is 11.8. The standard InChI is InChI=1S/C11H17NO3/c1-2-14-10-5-3-4-9(8-12)11(10)15-7-6-13/h3-5,13H,2,6-8,12H2,1H3. The molecule has 0 aliphatic carbocycles. The molecule has 1 aromatic carbocycles. The lowest BCUT2D eigenvalue weighted by molar-refractivity contribution is 0.193. The largest absolute Gasteiger partial charge is 0.490 e. The predicted octanol–water partition coefficient (Wildman–Crippen LogP) is 0.915. The second-order valence-electron chi connectivity index (χ2n) is 2.95. The number of hydrogen-bond donors (Lipinski definition) is 2. The molecule has 0 spiro atoms. The molecule has 0 heterocycles. The van der Waals surface area contributed by atoms with Crippen molar-refractivity contribution in [1.29, 1.82) is 0 Å². The summed E-state index contributed by atoms with van der Waals surface area (Å²) in [6, 6.07) is 5.59. The number of rotatable bonds is 6. The predicted molar refractivity (Wildman–Crippen MR) is 58.1 cm³/mol. The third-order valence-electron chi connectivity index (χ3n) is 1.92. The van der Waals surface area contributed by atoms with Crippen LogP contribution in [0, 0.1) is 0 Å². The molecule has 0 saturated heterocycles. The van der Waals surface area contributed by atoms with E-state index in [2.05, 4.69) is 0 Å². The minimum absolute atomic E-state index is 0.0233. The van der Waals surface area contributed by atoms with Gasteiger partial charge in [-0.05, 0) is 13.0 Å². The highest BCUT2D eigenvalue weighted by molar-refractivity contribution is 5.46. The van der Waals surface area contributed by atoms with Gasteiger partial charge >= 0.3 is 0 Å². The van der Waals surface area contributed by atoms with Crippen LogP contribution in [0.2, 0.25) is 0 Å². The second kappa shape index (κ2) is 6.27. The third-order valence-corrected chi connectivity index (χ3v) is 1.92. The van der Waals surface area contributed by atoms with Crippen molar-refractivity contribution in [3.8, 4) is 11.5 Å². The first-order chi connectivity index (χ1) is 7.33. The van der Waals surface area contributed by atoms with Crippen LogP contribution in [0.15, 0.2) is 18.2 Å². The fourth-order valence-corrected chi connectivity index (χ4v) is 1.30. The fraction of sp³-hybridized carbons (Fsp3) is 0.455. The van der Waals surface area contributed by atoms with Crippen LogP contribution in [0.25, 0.3) is 0 Å². The van der Waals surface area contributed by atoms with E-state index in [1.54, 1.807) is 0 Å². The van der Waals surface area contributed by atoms with Gasteiger partial charge in [0.05, 0.1) is 13.2 Å². The number of ether oxygens (including phenoxy) is 2. The average Bonchev–Trinajstić information content (AvgIpc) is 2.27. The Morgan fingerprint density at radius 3 is 2.73 bits per heavy atom. The highest BCUT2D eigenvalue weighted by atomic mass is 16.5. The van der Waals surface area contributed by atoms with Gasteiger partial charge in [-0.3, -0.25) is 0 Å². The van der Waals surface area contributed by atoms with Crippen LogP contribution in [0.4, 0.5) is 0 Å². The van der Waals surface area contributed by atoms with Crippen molar-refractivity contribution in [3.63, 3.8) is 0 Å². The highest BCUT2D eigenvalue weighted by Gasteiger charge is 2.09. The van der Waals surface area contributed by atoms with Crippen molar-refractivity contribution in [2.75, 3.05) is 19.8 Å². The molecule has 84 valence electrons. The summed E-state index contributed by atoms with van der Waals surface area (Å²) >= 11 is 0. The molecule has 1 rings (SSSR count). The Hall–Kier alpha value is -1.26. The summed E-state index contributed by atoms with van der Waals surface area (Å²) in [7, 11) is 0. The van der Waals surface area contributed by atoms with Gasteiger partial charge in [-0.25, -0.2) is 0 Å². The van der Waals surface area contributed by atoms with Crippen LogP contribution in [0.1, 0.15) is 12.5 Å². The monoisotopic (exact) mass is 211 g/mol. The lowest BCUT2D eigenvalue weighted by Crippen LogP contribution is -2.08. The maximum absolute atomic E-state index is 8.71. The molecule has 15 heavy (non-hydrogen) atoms. The first-order valence-electron chi connectivity index (χ1n) is 5.01. The summed E-state index contributed by atoms with van der Waals surface area (Å²) in [6.07, 6.45) is 0.